The van der Waals surface area contributed by atoms with Crippen LogP contribution in [0, 0.1) is 5.41 Å². The van der Waals surface area contributed by atoms with Gasteiger partial charge in [0.1, 0.15) is 5.69 Å². The SMILES string of the molecule is CC1(C)C(O)CC1NC(=O)c1cc(Cl)c[nH]1. The average Bonchev–Trinajstić information content (AvgIpc) is 2.64. The molecule has 3 N–H and O–H groups in total. The monoisotopic (exact) mass is 242 g/mol. The molecule has 4 nitrogen and oxygen atoms in total. The van der Waals surface area contributed by atoms with Crippen LogP contribution < -0.4 is 5.32 Å². The van der Waals surface area contributed by atoms with Crippen LogP contribution in [-0.2, 0) is 0 Å². The predicted octanol–water partition coefficient (Wildman–Crippen LogP) is 1.56. The highest BCUT2D eigenvalue weighted by Crippen LogP contribution is 2.40. The summed E-state index contributed by atoms with van der Waals surface area (Å²) in [6.45, 7) is 3.88. The first-order valence-electron chi connectivity index (χ1n) is 5.24. The Morgan fingerprint density at radius 1 is 1.69 bits per heavy atom. The maximum absolute atomic E-state index is 11.8. The highest BCUT2D eigenvalue weighted by molar-refractivity contribution is 6.30. The molecular formula is C11H15ClN2O2. The largest absolute Gasteiger partial charge is 0.392 e. The summed E-state index contributed by atoms with van der Waals surface area (Å²) >= 11 is 5.72. The van der Waals surface area contributed by atoms with Crippen LogP contribution in [0.15, 0.2) is 12.3 Å². The summed E-state index contributed by atoms with van der Waals surface area (Å²) < 4.78 is 0. The van der Waals surface area contributed by atoms with Crippen LogP contribution in [0.1, 0.15) is 30.8 Å². The lowest BCUT2D eigenvalue weighted by atomic mass is 9.64. The number of halogens is 1. The van der Waals surface area contributed by atoms with Crippen molar-refractivity contribution in [2.75, 3.05) is 0 Å². The Kier molecular flexibility index (Phi) is 2.72. The van der Waals surface area contributed by atoms with Gasteiger partial charge in [-0.15, -0.1) is 0 Å². The Bertz CT molecular complexity index is 414. The predicted molar refractivity (Wildman–Crippen MR) is 61.5 cm³/mol. The molecule has 0 bridgehead atoms. The topological polar surface area (TPSA) is 65.1 Å². The Hall–Kier alpha value is -1.00. The lowest BCUT2D eigenvalue weighted by Gasteiger charge is -2.49. The molecule has 16 heavy (non-hydrogen) atoms. The maximum Gasteiger partial charge on any atom is 0.267 e. The molecule has 0 radical (unpaired) electrons. The molecule has 0 aliphatic heterocycles. The van der Waals surface area contributed by atoms with Crippen molar-refractivity contribution in [1.82, 2.24) is 10.3 Å². The van der Waals surface area contributed by atoms with Crippen LogP contribution in [0.3, 0.4) is 0 Å². The summed E-state index contributed by atoms with van der Waals surface area (Å²) in [5.41, 5.74) is 0.189. The molecule has 2 atom stereocenters. The fourth-order valence-electron chi connectivity index (χ4n) is 1.88. The van der Waals surface area contributed by atoms with Crippen LogP contribution in [0.4, 0.5) is 0 Å². The van der Waals surface area contributed by atoms with E-state index in [1.54, 1.807) is 12.3 Å². The molecule has 1 aliphatic carbocycles. The Morgan fingerprint density at radius 3 is 2.81 bits per heavy atom. The molecule has 1 fully saturated rings. The Balaban J connectivity index is 1.99. The second kappa shape index (κ2) is 3.79. The summed E-state index contributed by atoms with van der Waals surface area (Å²) in [6, 6.07) is 1.59. The van der Waals surface area contributed by atoms with E-state index in [1.165, 1.54) is 0 Å². The average molecular weight is 243 g/mol. The van der Waals surface area contributed by atoms with Crippen molar-refractivity contribution in [2.45, 2.75) is 32.4 Å². The standard InChI is InChI=1S/C11H15ClN2O2/c1-11(2)8(4-9(11)15)14-10(16)7-3-6(12)5-13-7/h3,5,8-9,13,15H,4H2,1-2H3,(H,14,16). The number of aromatic nitrogens is 1. The second-order valence-electron chi connectivity index (χ2n) is 4.83. The van der Waals surface area contributed by atoms with Gasteiger partial charge in [0.25, 0.3) is 5.91 Å². The number of aromatic amines is 1. The number of rotatable bonds is 2. The lowest BCUT2D eigenvalue weighted by Crippen LogP contribution is -2.61. The minimum absolute atomic E-state index is 0.0112. The van der Waals surface area contributed by atoms with E-state index >= 15 is 0 Å². The molecule has 5 heteroatoms. The van der Waals surface area contributed by atoms with E-state index in [1.807, 2.05) is 13.8 Å². The van der Waals surface area contributed by atoms with E-state index in [4.69, 9.17) is 11.6 Å². The highest BCUT2D eigenvalue weighted by Gasteiger charge is 2.48. The fraction of sp³-hybridized carbons (Fsp3) is 0.545. The van der Waals surface area contributed by atoms with Crippen molar-refractivity contribution in [1.29, 1.82) is 0 Å². The number of carbonyl (C=O) groups is 1. The number of aliphatic hydroxyl groups is 1. The zero-order chi connectivity index (χ0) is 11.9. The molecule has 2 unspecified atom stereocenters. The first kappa shape index (κ1) is 11.5. The van der Waals surface area contributed by atoms with E-state index in [2.05, 4.69) is 10.3 Å². The molecule has 1 amide bonds. The Labute approximate surface area is 99.0 Å². The van der Waals surface area contributed by atoms with Gasteiger partial charge in [-0.3, -0.25) is 4.79 Å². The number of amides is 1. The summed E-state index contributed by atoms with van der Waals surface area (Å²) in [5, 5.41) is 12.9. The van der Waals surface area contributed by atoms with Crippen LogP contribution in [-0.4, -0.2) is 28.1 Å². The van der Waals surface area contributed by atoms with Crippen LogP contribution in [0.5, 0.6) is 0 Å². The quantitative estimate of drug-likeness (QED) is 0.737. The number of H-pyrrole nitrogens is 1. The molecule has 0 spiro atoms. The van der Waals surface area contributed by atoms with Gasteiger partial charge in [0.05, 0.1) is 11.1 Å². The first-order valence-corrected chi connectivity index (χ1v) is 5.62. The third-order valence-corrected chi connectivity index (χ3v) is 3.63. The number of nitrogens with one attached hydrogen (secondary N) is 2. The highest BCUT2D eigenvalue weighted by atomic mass is 35.5. The van der Waals surface area contributed by atoms with Crippen LogP contribution in [0.25, 0.3) is 0 Å². The maximum atomic E-state index is 11.8. The molecule has 0 saturated heterocycles. The van der Waals surface area contributed by atoms with Gasteiger partial charge in [0.2, 0.25) is 0 Å². The second-order valence-corrected chi connectivity index (χ2v) is 5.27. The van der Waals surface area contributed by atoms with Crippen LogP contribution in [0.2, 0.25) is 5.02 Å². The third kappa shape index (κ3) is 1.83. The molecule has 1 aliphatic rings. The van der Waals surface area contributed by atoms with E-state index in [0.29, 0.717) is 17.1 Å². The molecule has 1 aromatic rings. The van der Waals surface area contributed by atoms with Crippen molar-refractivity contribution in [3.63, 3.8) is 0 Å². The van der Waals surface area contributed by atoms with Gasteiger partial charge < -0.3 is 15.4 Å². The van der Waals surface area contributed by atoms with E-state index in [-0.39, 0.29) is 23.5 Å². The van der Waals surface area contributed by atoms with Gasteiger partial charge in [-0.05, 0) is 12.5 Å². The molecule has 2 rings (SSSR count). The van der Waals surface area contributed by atoms with E-state index in [9.17, 15) is 9.90 Å². The normalized spacial score (nSPS) is 27.2. The number of aliphatic hydroxyl groups excluding tert-OH is 1. The molecule has 88 valence electrons. The molecule has 1 heterocycles. The van der Waals surface area contributed by atoms with E-state index < -0.39 is 0 Å². The summed E-state index contributed by atoms with van der Waals surface area (Å²) in [6.07, 6.45) is 1.83. The summed E-state index contributed by atoms with van der Waals surface area (Å²) in [4.78, 5) is 14.6. The smallest absolute Gasteiger partial charge is 0.267 e. The minimum Gasteiger partial charge on any atom is -0.392 e. The zero-order valence-corrected chi connectivity index (χ0v) is 10.0. The van der Waals surface area contributed by atoms with Crippen molar-refractivity contribution in [3.8, 4) is 0 Å². The van der Waals surface area contributed by atoms with Crippen LogP contribution >= 0.6 is 11.6 Å². The third-order valence-electron chi connectivity index (χ3n) is 3.41. The molecular weight excluding hydrogens is 228 g/mol. The first-order chi connectivity index (χ1) is 7.41. The minimum atomic E-state index is -0.343. The number of hydrogen-bond donors (Lipinski definition) is 3. The molecule has 1 saturated carbocycles. The number of carbonyl (C=O) groups excluding carboxylic acids is 1. The molecule has 1 aromatic heterocycles. The summed E-state index contributed by atoms with van der Waals surface area (Å²) in [7, 11) is 0. The van der Waals surface area contributed by atoms with Gasteiger partial charge in [-0.25, -0.2) is 0 Å². The van der Waals surface area contributed by atoms with Crippen molar-refractivity contribution < 1.29 is 9.90 Å². The van der Waals surface area contributed by atoms with Crippen molar-refractivity contribution >= 4 is 17.5 Å². The van der Waals surface area contributed by atoms with Gasteiger partial charge >= 0.3 is 0 Å². The van der Waals surface area contributed by atoms with Crippen molar-refractivity contribution in [2.24, 2.45) is 5.41 Å². The van der Waals surface area contributed by atoms with E-state index in [0.717, 1.165) is 0 Å². The van der Waals surface area contributed by atoms with Gasteiger partial charge in [0.15, 0.2) is 0 Å². The lowest BCUT2D eigenvalue weighted by molar-refractivity contribution is -0.0690. The summed E-state index contributed by atoms with van der Waals surface area (Å²) in [5.74, 6) is -0.183. The molecule has 0 aromatic carbocycles. The zero-order valence-electron chi connectivity index (χ0n) is 9.25. The van der Waals surface area contributed by atoms with Gasteiger partial charge in [-0.1, -0.05) is 25.4 Å². The van der Waals surface area contributed by atoms with Crippen molar-refractivity contribution in [3.05, 3.63) is 23.0 Å². The number of hydrogen-bond acceptors (Lipinski definition) is 2. The van der Waals surface area contributed by atoms with Gasteiger partial charge in [-0.2, -0.15) is 0 Å². The van der Waals surface area contributed by atoms with Gasteiger partial charge in [0, 0.05) is 17.7 Å². The Morgan fingerprint density at radius 2 is 2.38 bits per heavy atom. The fourth-order valence-corrected chi connectivity index (χ4v) is 2.05.